The van der Waals surface area contributed by atoms with Crippen molar-refractivity contribution in [3.05, 3.63) is 75.3 Å². The molecule has 2 fully saturated rings. The van der Waals surface area contributed by atoms with Crippen LogP contribution in [0.4, 0.5) is 5.69 Å². The molecule has 0 radical (unpaired) electrons. The van der Waals surface area contributed by atoms with Crippen molar-refractivity contribution in [3.63, 3.8) is 0 Å². The summed E-state index contributed by atoms with van der Waals surface area (Å²) in [5.41, 5.74) is 1.31. The van der Waals surface area contributed by atoms with Gasteiger partial charge in [0.1, 0.15) is 17.9 Å². The second-order valence-electron chi connectivity index (χ2n) is 7.24. The number of esters is 2. The summed E-state index contributed by atoms with van der Waals surface area (Å²) in [5.74, 6) is -1.83. The van der Waals surface area contributed by atoms with E-state index in [1.54, 1.807) is 36.4 Å². The van der Waals surface area contributed by atoms with Crippen LogP contribution in [0.3, 0.4) is 0 Å². The molecule has 8 heteroatoms. The van der Waals surface area contributed by atoms with E-state index in [-0.39, 0.29) is 17.9 Å². The maximum Gasteiger partial charge on any atom is 0.348 e. The lowest BCUT2D eigenvalue weighted by molar-refractivity contribution is -0.384. The van der Waals surface area contributed by atoms with Crippen molar-refractivity contribution < 1.29 is 28.7 Å². The van der Waals surface area contributed by atoms with Gasteiger partial charge in [-0.15, -0.1) is 0 Å². The topological polar surface area (TPSA) is 105 Å². The molecule has 1 aliphatic carbocycles. The summed E-state index contributed by atoms with van der Waals surface area (Å²) in [6, 6.07) is 12.9. The van der Waals surface area contributed by atoms with Gasteiger partial charge >= 0.3 is 11.9 Å². The Hall–Kier alpha value is -3.68. The molecule has 8 nitrogen and oxygen atoms in total. The van der Waals surface area contributed by atoms with Crippen molar-refractivity contribution in [1.29, 1.82) is 0 Å². The zero-order valence-electron chi connectivity index (χ0n) is 16.0. The van der Waals surface area contributed by atoms with Crippen molar-refractivity contribution >= 4 is 23.7 Å². The van der Waals surface area contributed by atoms with Crippen molar-refractivity contribution in [2.45, 2.75) is 38.1 Å². The normalized spacial score (nSPS) is 17.4. The first-order chi connectivity index (χ1) is 14.4. The highest BCUT2D eigenvalue weighted by Crippen LogP contribution is 2.38. The fraction of sp³-hybridized carbons (Fsp3) is 0.273. The van der Waals surface area contributed by atoms with Gasteiger partial charge in [-0.3, -0.25) is 10.1 Å². The van der Waals surface area contributed by atoms with E-state index in [4.69, 9.17) is 14.2 Å². The fourth-order valence-electron chi connectivity index (χ4n) is 3.50. The lowest BCUT2D eigenvalue weighted by Gasteiger charge is -2.32. The van der Waals surface area contributed by atoms with Gasteiger partial charge in [0.2, 0.25) is 0 Å². The van der Waals surface area contributed by atoms with Crippen LogP contribution in [-0.4, -0.2) is 22.6 Å². The number of hydrogen-bond acceptors (Lipinski definition) is 7. The maximum atomic E-state index is 12.3. The highest BCUT2D eigenvalue weighted by Gasteiger charge is 2.47. The number of non-ortho nitro benzene ring substituents is 1. The van der Waals surface area contributed by atoms with E-state index in [9.17, 15) is 19.7 Å². The summed E-state index contributed by atoms with van der Waals surface area (Å²) in [6.07, 6.45) is 4.24. The van der Waals surface area contributed by atoms with Gasteiger partial charge in [0.15, 0.2) is 0 Å². The lowest BCUT2D eigenvalue weighted by Crippen LogP contribution is -2.44. The SMILES string of the molecule is O=C1OC2(CCCC2)OC(=O)C1=Cc1ccc(OCc2ccc([N+](=O)[O-])cc2)cc1. The Kier molecular flexibility index (Phi) is 5.22. The van der Waals surface area contributed by atoms with Crippen LogP contribution in [0.2, 0.25) is 0 Å². The summed E-state index contributed by atoms with van der Waals surface area (Å²) >= 11 is 0. The minimum Gasteiger partial charge on any atom is -0.489 e. The second kappa shape index (κ2) is 7.98. The molecular formula is C22H19NO7. The van der Waals surface area contributed by atoms with Crippen molar-refractivity contribution in [1.82, 2.24) is 0 Å². The summed E-state index contributed by atoms with van der Waals surface area (Å²) in [6.45, 7) is 0.249. The highest BCUT2D eigenvalue weighted by atomic mass is 16.7. The van der Waals surface area contributed by atoms with Gasteiger partial charge in [0, 0.05) is 25.0 Å². The monoisotopic (exact) mass is 409 g/mol. The smallest absolute Gasteiger partial charge is 0.348 e. The van der Waals surface area contributed by atoms with Crippen LogP contribution < -0.4 is 4.74 Å². The summed E-state index contributed by atoms with van der Waals surface area (Å²) in [4.78, 5) is 34.8. The first-order valence-corrected chi connectivity index (χ1v) is 9.59. The molecule has 30 heavy (non-hydrogen) atoms. The molecule has 4 rings (SSSR count). The standard InChI is InChI=1S/C22H19NO7/c24-20-19(21(25)30-22(29-20)11-1-2-12-22)13-15-5-9-18(10-6-15)28-14-16-3-7-17(8-4-16)23(26)27/h3-10,13H,1-2,11-12,14H2. The van der Waals surface area contributed by atoms with Crippen LogP contribution in [0.25, 0.3) is 6.08 Å². The van der Waals surface area contributed by atoms with Gasteiger partial charge in [-0.25, -0.2) is 9.59 Å². The molecule has 2 aliphatic rings. The number of nitro groups is 1. The zero-order chi connectivity index (χ0) is 21.1. The Morgan fingerprint density at radius 2 is 1.57 bits per heavy atom. The quantitative estimate of drug-likeness (QED) is 0.242. The molecule has 0 N–H and O–H groups in total. The Balaban J connectivity index is 1.39. The minimum absolute atomic E-state index is 0.0229. The molecular weight excluding hydrogens is 390 g/mol. The van der Waals surface area contributed by atoms with E-state index in [0.29, 0.717) is 24.2 Å². The van der Waals surface area contributed by atoms with Gasteiger partial charge in [-0.05, 0) is 54.3 Å². The van der Waals surface area contributed by atoms with Gasteiger partial charge < -0.3 is 14.2 Å². The van der Waals surface area contributed by atoms with Gasteiger partial charge in [0.25, 0.3) is 11.5 Å². The average Bonchev–Trinajstić information content (AvgIpc) is 3.17. The molecule has 1 saturated heterocycles. The molecule has 1 saturated carbocycles. The Labute approximate surface area is 172 Å². The van der Waals surface area contributed by atoms with Gasteiger partial charge in [-0.2, -0.15) is 0 Å². The van der Waals surface area contributed by atoms with Crippen molar-refractivity contribution in [2.24, 2.45) is 0 Å². The third-order valence-corrected chi connectivity index (χ3v) is 5.11. The molecule has 1 aliphatic heterocycles. The third-order valence-electron chi connectivity index (χ3n) is 5.11. The predicted molar refractivity (Wildman–Crippen MR) is 105 cm³/mol. The first kappa shape index (κ1) is 19.6. The Morgan fingerprint density at radius 3 is 2.13 bits per heavy atom. The van der Waals surface area contributed by atoms with Crippen LogP contribution >= 0.6 is 0 Å². The molecule has 0 bridgehead atoms. The van der Waals surface area contributed by atoms with Crippen LogP contribution in [0.15, 0.2) is 54.1 Å². The van der Waals surface area contributed by atoms with Crippen LogP contribution in [0.1, 0.15) is 36.8 Å². The summed E-state index contributed by atoms with van der Waals surface area (Å²) < 4.78 is 16.5. The van der Waals surface area contributed by atoms with Gasteiger partial charge in [-0.1, -0.05) is 12.1 Å². The number of benzene rings is 2. The number of nitrogens with zero attached hydrogens (tertiary/aromatic N) is 1. The number of hydrogen-bond donors (Lipinski definition) is 0. The van der Waals surface area contributed by atoms with E-state index in [2.05, 4.69) is 0 Å². The number of nitro benzene ring substituents is 1. The molecule has 2 aromatic carbocycles. The van der Waals surface area contributed by atoms with Crippen LogP contribution in [0, 0.1) is 10.1 Å². The highest BCUT2D eigenvalue weighted by molar-refractivity contribution is 6.18. The fourth-order valence-corrected chi connectivity index (χ4v) is 3.50. The molecule has 1 spiro atoms. The van der Waals surface area contributed by atoms with E-state index in [1.165, 1.54) is 18.2 Å². The second-order valence-corrected chi connectivity index (χ2v) is 7.24. The maximum absolute atomic E-state index is 12.3. The molecule has 1 heterocycles. The molecule has 0 aromatic heterocycles. The molecule has 0 amide bonds. The van der Waals surface area contributed by atoms with Crippen LogP contribution in [-0.2, 0) is 25.7 Å². The average molecular weight is 409 g/mol. The van der Waals surface area contributed by atoms with E-state index >= 15 is 0 Å². The summed E-state index contributed by atoms with van der Waals surface area (Å²) in [5, 5.41) is 10.7. The molecule has 154 valence electrons. The molecule has 2 aromatic rings. The lowest BCUT2D eigenvalue weighted by atomic mass is 10.1. The molecule has 0 unspecified atom stereocenters. The number of carbonyl (C=O) groups is 2. The van der Waals surface area contributed by atoms with E-state index in [0.717, 1.165) is 18.4 Å². The Morgan fingerprint density at radius 1 is 0.967 bits per heavy atom. The third kappa shape index (κ3) is 4.17. The zero-order valence-corrected chi connectivity index (χ0v) is 16.0. The van der Waals surface area contributed by atoms with Gasteiger partial charge in [0.05, 0.1) is 4.92 Å². The van der Waals surface area contributed by atoms with Crippen molar-refractivity contribution in [3.8, 4) is 5.75 Å². The molecule has 0 atom stereocenters. The number of ether oxygens (including phenoxy) is 3. The predicted octanol–water partition coefficient (Wildman–Crippen LogP) is 3.93. The number of rotatable bonds is 5. The minimum atomic E-state index is -1.08. The first-order valence-electron chi connectivity index (χ1n) is 9.59. The van der Waals surface area contributed by atoms with E-state index < -0.39 is 22.6 Å². The number of carbonyl (C=O) groups excluding carboxylic acids is 2. The van der Waals surface area contributed by atoms with Crippen molar-refractivity contribution in [2.75, 3.05) is 0 Å². The Bertz CT molecular complexity index is 981. The van der Waals surface area contributed by atoms with E-state index in [1.807, 2.05) is 0 Å². The summed E-state index contributed by atoms with van der Waals surface area (Å²) in [7, 11) is 0. The van der Waals surface area contributed by atoms with Crippen LogP contribution in [0.5, 0.6) is 5.75 Å². The largest absolute Gasteiger partial charge is 0.489 e.